The summed E-state index contributed by atoms with van der Waals surface area (Å²) in [6.45, 7) is 1.67. The van der Waals surface area contributed by atoms with E-state index in [1.165, 1.54) is 49.3 Å². The minimum Gasteiger partial charge on any atom is -0.493 e. The lowest BCUT2D eigenvalue weighted by Gasteiger charge is -2.22. The number of hydrogen-bond donors (Lipinski definition) is 1. The number of halogens is 1. The molecule has 2 aromatic rings. The molecule has 1 atom stereocenters. The Morgan fingerprint density at radius 2 is 2.00 bits per heavy atom. The number of amides is 2. The first kappa shape index (κ1) is 19.3. The lowest BCUT2D eigenvalue weighted by atomic mass is 10.1. The first-order valence-electron chi connectivity index (χ1n) is 8.59. The lowest BCUT2D eigenvalue weighted by molar-refractivity contribution is -0.119. The van der Waals surface area contributed by atoms with Crippen LogP contribution in [-0.2, 0) is 9.53 Å². The van der Waals surface area contributed by atoms with Crippen LogP contribution < -0.4 is 20.4 Å². The molecular weight excluding hydrogens is 367 g/mol. The van der Waals surface area contributed by atoms with E-state index in [9.17, 15) is 18.8 Å². The van der Waals surface area contributed by atoms with Crippen LogP contribution in [0.25, 0.3) is 11.1 Å². The van der Waals surface area contributed by atoms with Gasteiger partial charge < -0.3 is 14.8 Å². The third-order valence-corrected chi connectivity index (χ3v) is 4.38. The van der Waals surface area contributed by atoms with Crippen molar-refractivity contribution in [2.75, 3.05) is 25.2 Å². The molecule has 7 nitrogen and oxygen atoms in total. The monoisotopic (exact) mass is 386 g/mol. The van der Waals surface area contributed by atoms with Gasteiger partial charge in [-0.15, -0.1) is 0 Å². The maximum Gasteiger partial charge on any atom is 0.414 e. The summed E-state index contributed by atoms with van der Waals surface area (Å²) in [6, 6.07) is 9.80. The number of methoxy groups -OCH3 is 1. The Morgan fingerprint density at radius 3 is 2.68 bits per heavy atom. The fraction of sp³-hybridized carbons (Fsp3) is 0.250. The molecule has 3 rings (SSSR count). The molecule has 2 aromatic carbocycles. The van der Waals surface area contributed by atoms with E-state index in [2.05, 4.69) is 5.32 Å². The highest BCUT2D eigenvalue weighted by Gasteiger charge is 2.34. The second-order valence-electron chi connectivity index (χ2n) is 6.26. The number of ether oxygens (including phenoxy) is 2. The molecule has 2 amide bonds. The van der Waals surface area contributed by atoms with Crippen molar-refractivity contribution in [2.45, 2.75) is 13.0 Å². The van der Waals surface area contributed by atoms with Crippen LogP contribution in [-0.4, -0.2) is 38.3 Å². The van der Waals surface area contributed by atoms with Crippen LogP contribution in [0.3, 0.4) is 0 Å². The summed E-state index contributed by atoms with van der Waals surface area (Å²) in [5.41, 5.74) is 0.767. The second-order valence-corrected chi connectivity index (χ2v) is 6.26. The Bertz CT molecular complexity index is 979. The van der Waals surface area contributed by atoms with Crippen molar-refractivity contribution < 1.29 is 23.5 Å². The molecule has 28 heavy (non-hydrogen) atoms. The van der Waals surface area contributed by atoms with Gasteiger partial charge in [-0.25, -0.2) is 9.18 Å². The molecule has 0 bridgehead atoms. The van der Waals surface area contributed by atoms with Crippen molar-refractivity contribution in [3.05, 3.63) is 58.5 Å². The molecule has 0 spiro atoms. The third kappa shape index (κ3) is 3.95. The molecule has 0 unspecified atom stereocenters. The smallest absolute Gasteiger partial charge is 0.414 e. The molecule has 1 N–H and O–H groups in total. The van der Waals surface area contributed by atoms with Gasteiger partial charge >= 0.3 is 6.09 Å². The summed E-state index contributed by atoms with van der Waals surface area (Å²) < 4.78 is 24.8. The van der Waals surface area contributed by atoms with Gasteiger partial charge in [0.15, 0.2) is 5.75 Å². The van der Waals surface area contributed by atoms with Gasteiger partial charge in [0, 0.05) is 19.0 Å². The molecule has 1 saturated heterocycles. The van der Waals surface area contributed by atoms with Gasteiger partial charge in [0.2, 0.25) is 11.3 Å². The standard InChI is InChI=1S/C20H19FN2O5/c1-12(24)22-10-15-11-28-20(26)23(15)14-5-6-16(17(21)9-14)13-3-7-18(25)19(27-2)8-4-13/h3-9,15H,10-11H2,1-2H3,(H,22,24)/t15-/m0/s1. The Balaban J connectivity index is 1.92. The summed E-state index contributed by atoms with van der Waals surface area (Å²) >= 11 is 0. The first-order valence-corrected chi connectivity index (χ1v) is 8.59. The third-order valence-electron chi connectivity index (χ3n) is 4.38. The summed E-state index contributed by atoms with van der Waals surface area (Å²) in [5.74, 6) is -0.636. The number of nitrogens with one attached hydrogen (secondary N) is 1. The van der Waals surface area contributed by atoms with Gasteiger partial charge in [0.25, 0.3) is 0 Å². The molecule has 1 aliphatic heterocycles. The number of cyclic esters (lactones) is 1. The molecule has 0 saturated carbocycles. The fourth-order valence-corrected chi connectivity index (χ4v) is 2.98. The molecule has 1 fully saturated rings. The van der Waals surface area contributed by atoms with Gasteiger partial charge in [-0.3, -0.25) is 14.5 Å². The van der Waals surface area contributed by atoms with Crippen molar-refractivity contribution in [3.63, 3.8) is 0 Å². The maximum atomic E-state index is 14.8. The van der Waals surface area contributed by atoms with Crippen molar-refractivity contribution >= 4 is 17.7 Å². The molecule has 0 aliphatic carbocycles. The van der Waals surface area contributed by atoms with Crippen molar-refractivity contribution in [1.82, 2.24) is 5.32 Å². The topological polar surface area (TPSA) is 84.9 Å². The molecule has 146 valence electrons. The highest BCUT2D eigenvalue weighted by Crippen LogP contribution is 2.29. The van der Waals surface area contributed by atoms with Crippen LogP contribution in [0.2, 0.25) is 0 Å². The summed E-state index contributed by atoms with van der Waals surface area (Å²) in [6.07, 6.45) is -0.602. The molecule has 0 radical (unpaired) electrons. The van der Waals surface area contributed by atoms with E-state index in [4.69, 9.17) is 9.47 Å². The number of nitrogens with zero attached hydrogens (tertiary/aromatic N) is 1. The Labute approximate surface area is 160 Å². The van der Waals surface area contributed by atoms with Crippen LogP contribution in [0.5, 0.6) is 5.75 Å². The van der Waals surface area contributed by atoms with E-state index < -0.39 is 18.0 Å². The van der Waals surface area contributed by atoms with E-state index in [0.717, 1.165) is 0 Å². The molecule has 8 heteroatoms. The molecular formula is C20H19FN2O5. The van der Waals surface area contributed by atoms with Crippen molar-refractivity contribution in [1.29, 1.82) is 0 Å². The van der Waals surface area contributed by atoms with Crippen LogP contribution in [0.4, 0.5) is 14.9 Å². The lowest BCUT2D eigenvalue weighted by Crippen LogP contribution is -2.42. The average molecular weight is 386 g/mol. The van der Waals surface area contributed by atoms with Gasteiger partial charge in [0.05, 0.1) is 18.8 Å². The molecule has 1 aliphatic rings. The fourth-order valence-electron chi connectivity index (χ4n) is 2.98. The average Bonchev–Trinajstić information content (AvgIpc) is 2.92. The predicted molar refractivity (Wildman–Crippen MR) is 101 cm³/mol. The highest BCUT2D eigenvalue weighted by atomic mass is 19.1. The van der Waals surface area contributed by atoms with Crippen molar-refractivity contribution in [2.24, 2.45) is 0 Å². The zero-order valence-corrected chi connectivity index (χ0v) is 15.4. The number of carbonyl (C=O) groups excluding carboxylic acids is 2. The zero-order chi connectivity index (χ0) is 20.3. The van der Waals surface area contributed by atoms with Crippen molar-refractivity contribution in [3.8, 4) is 16.9 Å². The predicted octanol–water partition coefficient (Wildman–Crippen LogP) is 2.32. The van der Waals surface area contributed by atoms with E-state index in [1.807, 2.05) is 0 Å². The Hall–Kier alpha value is -3.42. The summed E-state index contributed by atoms with van der Waals surface area (Å²) in [4.78, 5) is 36.3. The van der Waals surface area contributed by atoms with Crippen LogP contribution in [0, 0.1) is 5.82 Å². The second kappa shape index (κ2) is 8.08. The number of rotatable bonds is 5. The number of carbonyl (C=O) groups is 2. The van der Waals surface area contributed by atoms with Gasteiger partial charge in [0.1, 0.15) is 12.4 Å². The minimum atomic E-state index is -0.602. The highest BCUT2D eigenvalue weighted by molar-refractivity contribution is 5.91. The summed E-state index contributed by atoms with van der Waals surface area (Å²) in [5, 5.41) is 2.63. The number of hydrogen-bond acceptors (Lipinski definition) is 5. The van der Waals surface area contributed by atoms with Gasteiger partial charge in [-0.1, -0.05) is 12.1 Å². The zero-order valence-electron chi connectivity index (χ0n) is 15.4. The molecule has 0 aromatic heterocycles. The van der Waals surface area contributed by atoms with E-state index in [0.29, 0.717) is 11.3 Å². The van der Waals surface area contributed by atoms with Gasteiger partial charge in [-0.2, -0.15) is 0 Å². The van der Waals surface area contributed by atoms with E-state index in [1.54, 1.807) is 12.1 Å². The van der Waals surface area contributed by atoms with Gasteiger partial charge in [-0.05, 0) is 35.9 Å². The van der Waals surface area contributed by atoms with Crippen LogP contribution in [0.1, 0.15) is 6.92 Å². The SMILES string of the molecule is COc1ccc(-c2ccc(N3C(=O)OC[C@@H]3CNC(C)=O)cc2F)ccc1=O. The summed E-state index contributed by atoms with van der Waals surface area (Å²) in [7, 11) is 1.39. The van der Waals surface area contributed by atoms with E-state index in [-0.39, 0.29) is 35.8 Å². The van der Waals surface area contributed by atoms with Crippen LogP contribution in [0.15, 0.2) is 47.3 Å². The first-order chi connectivity index (χ1) is 13.4. The maximum absolute atomic E-state index is 14.8. The normalized spacial score (nSPS) is 15.9. The number of benzene rings is 1. The largest absolute Gasteiger partial charge is 0.493 e. The molecule has 1 heterocycles. The van der Waals surface area contributed by atoms with Crippen LogP contribution >= 0.6 is 0 Å². The number of anilines is 1. The van der Waals surface area contributed by atoms with E-state index >= 15 is 0 Å². The Morgan fingerprint density at radius 1 is 1.25 bits per heavy atom. The Kier molecular flexibility index (Phi) is 5.58. The minimum absolute atomic E-state index is 0.100. The quantitative estimate of drug-likeness (QED) is 0.853.